The first kappa shape index (κ1) is 24.0. The van der Waals surface area contributed by atoms with E-state index in [4.69, 9.17) is 4.74 Å². The third-order valence-corrected chi connectivity index (χ3v) is 6.80. The SMILES string of the molecule is CCCC(=O)N1CCc2c(sc(NC(=O)CC(C)c3cccc(OCC)c3)c2C=NC)C1. The smallest absolute Gasteiger partial charge is 0.225 e. The molecule has 0 saturated heterocycles. The molecule has 2 aromatic rings. The predicted octanol–water partition coefficient (Wildman–Crippen LogP) is 5.01. The Kier molecular flexibility index (Phi) is 8.45. The van der Waals surface area contributed by atoms with Crippen LogP contribution in [0.2, 0.25) is 0 Å². The first-order valence-electron chi connectivity index (χ1n) is 11.3. The van der Waals surface area contributed by atoms with E-state index in [1.54, 1.807) is 18.4 Å². The maximum atomic E-state index is 12.9. The highest BCUT2D eigenvalue weighted by atomic mass is 32.1. The lowest BCUT2D eigenvalue weighted by atomic mass is 9.97. The lowest BCUT2D eigenvalue weighted by Gasteiger charge is -2.27. The lowest BCUT2D eigenvalue weighted by Crippen LogP contribution is -2.35. The van der Waals surface area contributed by atoms with Gasteiger partial charge in [-0.1, -0.05) is 26.0 Å². The van der Waals surface area contributed by atoms with Crippen LogP contribution in [0.25, 0.3) is 0 Å². The van der Waals surface area contributed by atoms with E-state index < -0.39 is 0 Å². The van der Waals surface area contributed by atoms with Crippen molar-refractivity contribution in [2.24, 2.45) is 4.99 Å². The minimum absolute atomic E-state index is 0.0254. The number of carbonyl (C=O) groups excluding carboxylic acids is 2. The second kappa shape index (κ2) is 11.3. The van der Waals surface area contributed by atoms with Gasteiger partial charge in [-0.05, 0) is 48.9 Å². The van der Waals surface area contributed by atoms with Gasteiger partial charge in [0, 0.05) is 43.1 Å². The molecule has 1 aromatic carbocycles. The Morgan fingerprint density at radius 1 is 1.34 bits per heavy atom. The van der Waals surface area contributed by atoms with Crippen LogP contribution in [0.4, 0.5) is 5.00 Å². The molecular weight excluding hydrogens is 422 g/mol. The van der Waals surface area contributed by atoms with Crippen molar-refractivity contribution < 1.29 is 14.3 Å². The number of fused-ring (bicyclic) bond motifs is 1. The highest BCUT2D eigenvalue weighted by Gasteiger charge is 2.26. The summed E-state index contributed by atoms with van der Waals surface area (Å²) in [5, 5.41) is 3.94. The molecule has 0 radical (unpaired) electrons. The number of nitrogens with one attached hydrogen (secondary N) is 1. The largest absolute Gasteiger partial charge is 0.494 e. The molecule has 1 aromatic heterocycles. The topological polar surface area (TPSA) is 71.0 Å². The summed E-state index contributed by atoms with van der Waals surface area (Å²) in [6, 6.07) is 7.92. The summed E-state index contributed by atoms with van der Waals surface area (Å²) in [6.45, 7) is 7.98. The van der Waals surface area contributed by atoms with Crippen LogP contribution in [-0.4, -0.2) is 43.1 Å². The molecule has 0 fully saturated rings. The van der Waals surface area contributed by atoms with Gasteiger partial charge in [0.15, 0.2) is 0 Å². The summed E-state index contributed by atoms with van der Waals surface area (Å²) in [5.41, 5.74) is 3.26. The Morgan fingerprint density at radius 2 is 2.16 bits per heavy atom. The number of anilines is 1. The summed E-state index contributed by atoms with van der Waals surface area (Å²) >= 11 is 1.56. The number of amides is 2. The monoisotopic (exact) mass is 455 g/mol. The molecule has 1 unspecified atom stereocenters. The molecule has 1 aliphatic rings. The third kappa shape index (κ3) is 5.76. The number of thiophene rings is 1. The number of hydrogen-bond acceptors (Lipinski definition) is 5. The summed E-state index contributed by atoms with van der Waals surface area (Å²) in [7, 11) is 1.74. The zero-order valence-corrected chi connectivity index (χ0v) is 20.3. The fourth-order valence-corrected chi connectivity index (χ4v) is 5.28. The minimum Gasteiger partial charge on any atom is -0.494 e. The molecule has 6 nitrogen and oxygen atoms in total. The van der Waals surface area contributed by atoms with Gasteiger partial charge in [0.2, 0.25) is 11.8 Å². The molecule has 3 rings (SSSR count). The van der Waals surface area contributed by atoms with Gasteiger partial charge in [-0.3, -0.25) is 14.6 Å². The second-order valence-corrected chi connectivity index (χ2v) is 9.21. The maximum Gasteiger partial charge on any atom is 0.225 e. The van der Waals surface area contributed by atoms with Gasteiger partial charge in [0.05, 0.1) is 13.2 Å². The number of hydrogen-bond donors (Lipinski definition) is 1. The van der Waals surface area contributed by atoms with Crippen LogP contribution in [0.15, 0.2) is 29.3 Å². The average molecular weight is 456 g/mol. The number of carbonyl (C=O) groups is 2. The number of rotatable bonds is 9. The Labute approximate surface area is 194 Å². The quantitative estimate of drug-likeness (QED) is 0.540. The maximum absolute atomic E-state index is 12.9. The van der Waals surface area contributed by atoms with Crippen molar-refractivity contribution in [1.29, 1.82) is 0 Å². The Bertz CT molecular complexity index is 983. The molecule has 0 aliphatic carbocycles. The van der Waals surface area contributed by atoms with E-state index in [0.717, 1.165) is 39.6 Å². The van der Waals surface area contributed by atoms with Crippen molar-refractivity contribution in [2.75, 3.05) is 25.5 Å². The first-order chi connectivity index (χ1) is 15.5. The van der Waals surface area contributed by atoms with Crippen LogP contribution in [0, 0.1) is 0 Å². The summed E-state index contributed by atoms with van der Waals surface area (Å²) in [6.07, 6.45) is 4.42. The van der Waals surface area contributed by atoms with E-state index in [-0.39, 0.29) is 17.7 Å². The average Bonchev–Trinajstić information content (AvgIpc) is 3.10. The van der Waals surface area contributed by atoms with Gasteiger partial charge in [-0.15, -0.1) is 11.3 Å². The highest BCUT2D eigenvalue weighted by molar-refractivity contribution is 7.16. The molecule has 0 saturated carbocycles. The molecular formula is C25H33N3O3S. The molecule has 1 aliphatic heterocycles. The van der Waals surface area contributed by atoms with E-state index in [1.165, 1.54) is 5.56 Å². The minimum atomic E-state index is -0.0254. The van der Waals surface area contributed by atoms with Crippen LogP contribution in [0.5, 0.6) is 5.75 Å². The molecule has 7 heteroatoms. The van der Waals surface area contributed by atoms with E-state index >= 15 is 0 Å². The first-order valence-corrected chi connectivity index (χ1v) is 12.2. The standard InChI is InChI=1S/C25H33N3O3S/c1-5-8-24(30)28-12-11-20-21(15-26-4)25(32-22(20)16-28)27-23(29)13-17(3)18-9-7-10-19(14-18)31-6-2/h7,9-10,14-15,17H,5-6,8,11-13,16H2,1-4H3,(H,27,29). The molecule has 0 spiro atoms. The Hall–Kier alpha value is -2.67. The van der Waals surface area contributed by atoms with Crippen LogP contribution < -0.4 is 10.1 Å². The van der Waals surface area contributed by atoms with Crippen molar-refractivity contribution in [3.8, 4) is 5.75 Å². The van der Waals surface area contributed by atoms with Gasteiger partial charge in [0.1, 0.15) is 10.8 Å². The van der Waals surface area contributed by atoms with Crippen LogP contribution in [0.1, 0.15) is 67.5 Å². The zero-order valence-electron chi connectivity index (χ0n) is 19.4. The van der Waals surface area contributed by atoms with Gasteiger partial charge in [-0.25, -0.2) is 0 Å². The predicted molar refractivity (Wildman–Crippen MR) is 131 cm³/mol. The van der Waals surface area contributed by atoms with E-state index in [1.807, 2.05) is 49.2 Å². The van der Waals surface area contributed by atoms with Crippen molar-refractivity contribution in [3.05, 3.63) is 45.8 Å². The van der Waals surface area contributed by atoms with Crippen molar-refractivity contribution >= 4 is 34.4 Å². The van der Waals surface area contributed by atoms with E-state index in [0.29, 0.717) is 32.5 Å². The summed E-state index contributed by atoms with van der Waals surface area (Å²) in [4.78, 5) is 32.5. The van der Waals surface area contributed by atoms with Gasteiger partial charge >= 0.3 is 0 Å². The lowest BCUT2D eigenvalue weighted by molar-refractivity contribution is -0.132. The summed E-state index contributed by atoms with van der Waals surface area (Å²) in [5.74, 6) is 1.07. The van der Waals surface area contributed by atoms with Crippen molar-refractivity contribution in [1.82, 2.24) is 4.90 Å². The molecule has 32 heavy (non-hydrogen) atoms. The van der Waals surface area contributed by atoms with E-state index in [9.17, 15) is 9.59 Å². The molecule has 1 N–H and O–H groups in total. The molecule has 1 atom stereocenters. The van der Waals surface area contributed by atoms with Gasteiger partial charge in [0.25, 0.3) is 0 Å². The Morgan fingerprint density at radius 3 is 2.88 bits per heavy atom. The van der Waals surface area contributed by atoms with Crippen molar-refractivity contribution in [2.45, 2.75) is 58.9 Å². The summed E-state index contributed by atoms with van der Waals surface area (Å²) < 4.78 is 5.59. The third-order valence-electron chi connectivity index (χ3n) is 5.66. The number of ether oxygens (including phenoxy) is 1. The number of benzene rings is 1. The zero-order chi connectivity index (χ0) is 23.1. The number of nitrogens with zero attached hydrogens (tertiary/aromatic N) is 2. The fourth-order valence-electron chi connectivity index (χ4n) is 4.02. The van der Waals surface area contributed by atoms with Crippen LogP contribution >= 0.6 is 11.3 Å². The highest BCUT2D eigenvalue weighted by Crippen LogP contribution is 2.37. The van der Waals surface area contributed by atoms with Gasteiger partial charge < -0.3 is 15.0 Å². The van der Waals surface area contributed by atoms with Crippen molar-refractivity contribution in [3.63, 3.8) is 0 Å². The normalized spacial score (nSPS) is 14.3. The van der Waals surface area contributed by atoms with Crippen LogP contribution in [-0.2, 0) is 22.6 Å². The Balaban J connectivity index is 1.72. The van der Waals surface area contributed by atoms with Gasteiger partial charge in [-0.2, -0.15) is 0 Å². The molecule has 2 amide bonds. The van der Waals surface area contributed by atoms with E-state index in [2.05, 4.69) is 17.2 Å². The number of aliphatic imine (C=N–C) groups is 1. The molecule has 172 valence electrons. The molecule has 2 heterocycles. The fraction of sp³-hybridized carbons (Fsp3) is 0.480. The molecule has 0 bridgehead atoms. The second-order valence-electron chi connectivity index (χ2n) is 8.11. The van der Waals surface area contributed by atoms with Crippen LogP contribution in [0.3, 0.4) is 0 Å².